The number of benzene rings is 2. The molecule has 8 nitrogen and oxygen atoms in total. The number of aromatic hydroxyl groups is 4. The summed E-state index contributed by atoms with van der Waals surface area (Å²) < 4.78 is 5.11. The Hall–Kier alpha value is -3.68. The minimum atomic E-state index is -1.22. The van der Waals surface area contributed by atoms with Crippen molar-refractivity contribution in [2.75, 3.05) is 0 Å². The number of esters is 1. The van der Waals surface area contributed by atoms with Crippen LogP contribution in [0.5, 0.6) is 23.0 Å². The molecule has 0 fully saturated rings. The maximum absolute atomic E-state index is 12.0. The molecule has 2 aromatic carbocycles. The lowest BCUT2D eigenvalue weighted by molar-refractivity contribution is -0.148. The highest BCUT2D eigenvalue weighted by Crippen LogP contribution is 2.31. The Labute approximate surface area is 147 Å². The summed E-state index contributed by atoms with van der Waals surface area (Å²) in [6, 6.07) is 7.52. The van der Waals surface area contributed by atoms with E-state index in [1.54, 1.807) is 0 Å². The normalized spacial score (nSPS) is 12.0. The largest absolute Gasteiger partial charge is 0.504 e. The first-order valence-corrected chi connectivity index (χ1v) is 7.40. The summed E-state index contributed by atoms with van der Waals surface area (Å²) in [7, 11) is 0. The molecule has 26 heavy (non-hydrogen) atoms. The Bertz CT molecular complexity index is 856. The molecule has 0 amide bonds. The maximum Gasteiger partial charge on any atom is 0.331 e. The molecule has 136 valence electrons. The number of phenolic OH excluding ortho intramolecular Hbond substituents is 4. The standard InChI is InChI=1S/C18H16O8/c19-12-4-1-10(7-14(12)21)2-6-18(25)26-16(9-17(23)24)11-3-5-13(20)15(22)8-11/h1-8,16,19-22H,9H2,(H,23,24). The van der Waals surface area contributed by atoms with Crippen LogP contribution in [0.2, 0.25) is 0 Å². The molecule has 0 heterocycles. The highest BCUT2D eigenvalue weighted by Gasteiger charge is 2.20. The van der Waals surface area contributed by atoms with Gasteiger partial charge in [-0.1, -0.05) is 12.1 Å². The third-order valence-electron chi connectivity index (χ3n) is 3.40. The lowest BCUT2D eigenvalue weighted by Gasteiger charge is -2.16. The fourth-order valence-corrected chi connectivity index (χ4v) is 2.11. The Morgan fingerprint density at radius 3 is 2.12 bits per heavy atom. The zero-order valence-corrected chi connectivity index (χ0v) is 13.4. The number of hydrogen-bond donors (Lipinski definition) is 5. The van der Waals surface area contributed by atoms with Crippen molar-refractivity contribution in [2.45, 2.75) is 12.5 Å². The lowest BCUT2D eigenvalue weighted by atomic mass is 10.1. The minimum Gasteiger partial charge on any atom is -0.504 e. The molecule has 0 spiro atoms. The van der Waals surface area contributed by atoms with Gasteiger partial charge in [0.25, 0.3) is 0 Å². The van der Waals surface area contributed by atoms with Crippen LogP contribution in [-0.4, -0.2) is 37.5 Å². The van der Waals surface area contributed by atoms with Crippen molar-refractivity contribution >= 4 is 18.0 Å². The predicted molar refractivity (Wildman–Crippen MR) is 89.7 cm³/mol. The quantitative estimate of drug-likeness (QED) is 0.300. The third-order valence-corrected chi connectivity index (χ3v) is 3.40. The number of phenols is 4. The lowest BCUT2D eigenvalue weighted by Crippen LogP contribution is -2.13. The fraction of sp³-hybridized carbons (Fsp3) is 0.111. The van der Waals surface area contributed by atoms with E-state index < -0.39 is 30.2 Å². The monoisotopic (exact) mass is 360 g/mol. The van der Waals surface area contributed by atoms with E-state index in [4.69, 9.17) is 9.84 Å². The van der Waals surface area contributed by atoms with Gasteiger partial charge in [0, 0.05) is 6.08 Å². The SMILES string of the molecule is O=C(O)CC(OC(=O)C=Cc1ccc(O)c(O)c1)c1ccc(O)c(O)c1. The first kappa shape index (κ1) is 18.7. The molecule has 0 saturated heterocycles. The van der Waals surface area contributed by atoms with Crippen molar-refractivity contribution in [2.24, 2.45) is 0 Å². The third kappa shape index (κ3) is 4.91. The molecule has 8 heteroatoms. The van der Waals surface area contributed by atoms with Crippen LogP contribution in [0.1, 0.15) is 23.7 Å². The second-order valence-electron chi connectivity index (χ2n) is 5.35. The molecule has 0 radical (unpaired) electrons. The van der Waals surface area contributed by atoms with E-state index in [1.807, 2.05) is 0 Å². The van der Waals surface area contributed by atoms with Gasteiger partial charge in [-0.25, -0.2) is 4.79 Å². The number of aliphatic carboxylic acids is 1. The molecule has 0 aliphatic heterocycles. The topological polar surface area (TPSA) is 145 Å². The highest BCUT2D eigenvalue weighted by atomic mass is 16.5. The maximum atomic E-state index is 12.0. The fourth-order valence-electron chi connectivity index (χ4n) is 2.11. The summed E-state index contributed by atoms with van der Waals surface area (Å²) in [6.07, 6.45) is 0.627. The van der Waals surface area contributed by atoms with Crippen molar-refractivity contribution in [3.63, 3.8) is 0 Å². The molecule has 0 aliphatic carbocycles. The van der Waals surface area contributed by atoms with Crippen molar-refractivity contribution in [1.29, 1.82) is 0 Å². The zero-order chi connectivity index (χ0) is 19.3. The van der Waals surface area contributed by atoms with Crippen LogP contribution in [-0.2, 0) is 14.3 Å². The van der Waals surface area contributed by atoms with Gasteiger partial charge >= 0.3 is 11.9 Å². The highest BCUT2D eigenvalue weighted by molar-refractivity contribution is 5.87. The van der Waals surface area contributed by atoms with Gasteiger partial charge in [0.1, 0.15) is 6.10 Å². The van der Waals surface area contributed by atoms with E-state index in [-0.39, 0.29) is 22.8 Å². The van der Waals surface area contributed by atoms with Gasteiger partial charge in [0.15, 0.2) is 23.0 Å². The summed E-state index contributed by atoms with van der Waals surface area (Å²) in [4.78, 5) is 23.0. The summed E-state index contributed by atoms with van der Waals surface area (Å²) in [5.41, 5.74) is 0.612. The Balaban J connectivity index is 2.15. The van der Waals surface area contributed by atoms with E-state index >= 15 is 0 Å². The summed E-state index contributed by atoms with van der Waals surface area (Å²) in [6.45, 7) is 0. The summed E-state index contributed by atoms with van der Waals surface area (Å²) in [5.74, 6) is -3.59. The van der Waals surface area contributed by atoms with Crippen molar-refractivity contribution in [1.82, 2.24) is 0 Å². The molecule has 1 atom stereocenters. The van der Waals surface area contributed by atoms with Crippen LogP contribution in [0.3, 0.4) is 0 Å². The first-order chi connectivity index (χ1) is 12.3. The number of carboxylic acid groups (broad SMARTS) is 1. The van der Waals surface area contributed by atoms with Gasteiger partial charge in [-0.15, -0.1) is 0 Å². The molecule has 2 aromatic rings. The average molecular weight is 360 g/mol. The van der Waals surface area contributed by atoms with Gasteiger partial charge in [0.05, 0.1) is 6.42 Å². The van der Waals surface area contributed by atoms with E-state index in [0.29, 0.717) is 5.56 Å². The molecular formula is C18H16O8. The second kappa shape index (κ2) is 7.93. The minimum absolute atomic E-state index is 0.201. The summed E-state index contributed by atoms with van der Waals surface area (Å²) in [5, 5.41) is 46.4. The molecule has 1 unspecified atom stereocenters. The Morgan fingerprint density at radius 2 is 1.54 bits per heavy atom. The van der Waals surface area contributed by atoms with E-state index in [2.05, 4.69) is 0 Å². The van der Waals surface area contributed by atoms with Crippen LogP contribution in [0.15, 0.2) is 42.5 Å². The van der Waals surface area contributed by atoms with Gasteiger partial charge in [-0.2, -0.15) is 0 Å². The molecule has 5 N–H and O–H groups in total. The Kier molecular flexibility index (Phi) is 5.69. The van der Waals surface area contributed by atoms with Gasteiger partial charge in [-0.05, 0) is 41.5 Å². The molecule has 0 saturated carbocycles. The van der Waals surface area contributed by atoms with Gasteiger partial charge in [-0.3, -0.25) is 4.79 Å². The number of carboxylic acids is 1. The van der Waals surface area contributed by atoms with Crippen LogP contribution >= 0.6 is 0 Å². The number of hydrogen-bond acceptors (Lipinski definition) is 7. The summed E-state index contributed by atoms with van der Waals surface area (Å²) >= 11 is 0. The predicted octanol–water partition coefficient (Wildman–Crippen LogP) is 2.28. The molecule has 0 aromatic heterocycles. The number of ether oxygens (including phenoxy) is 1. The molecule has 0 aliphatic rings. The van der Waals surface area contributed by atoms with Gasteiger partial charge < -0.3 is 30.3 Å². The van der Waals surface area contributed by atoms with E-state index in [1.165, 1.54) is 30.3 Å². The average Bonchev–Trinajstić information content (AvgIpc) is 2.57. The Morgan fingerprint density at radius 1 is 0.923 bits per heavy atom. The zero-order valence-electron chi connectivity index (χ0n) is 13.4. The number of rotatable bonds is 6. The van der Waals surface area contributed by atoms with E-state index in [9.17, 15) is 30.0 Å². The van der Waals surface area contributed by atoms with Crippen molar-refractivity contribution in [3.05, 3.63) is 53.6 Å². The first-order valence-electron chi connectivity index (χ1n) is 7.40. The van der Waals surface area contributed by atoms with Crippen LogP contribution < -0.4 is 0 Å². The second-order valence-corrected chi connectivity index (χ2v) is 5.35. The smallest absolute Gasteiger partial charge is 0.331 e. The molecular weight excluding hydrogens is 344 g/mol. The van der Waals surface area contributed by atoms with Crippen LogP contribution in [0.4, 0.5) is 0 Å². The van der Waals surface area contributed by atoms with Crippen molar-refractivity contribution in [3.8, 4) is 23.0 Å². The number of carbonyl (C=O) groups excluding carboxylic acids is 1. The van der Waals surface area contributed by atoms with Gasteiger partial charge in [0.2, 0.25) is 0 Å². The van der Waals surface area contributed by atoms with Crippen molar-refractivity contribution < 1.29 is 39.9 Å². The number of carbonyl (C=O) groups is 2. The van der Waals surface area contributed by atoms with Crippen LogP contribution in [0, 0.1) is 0 Å². The van der Waals surface area contributed by atoms with E-state index in [0.717, 1.165) is 18.2 Å². The molecule has 2 rings (SSSR count). The van der Waals surface area contributed by atoms with Crippen LogP contribution in [0.25, 0.3) is 6.08 Å². The molecule has 0 bridgehead atoms.